The Hall–Kier alpha value is -2.14. The van der Waals surface area contributed by atoms with E-state index in [1.807, 2.05) is 30.5 Å². The molecule has 0 saturated heterocycles. The molecule has 18 heavy (non-hydrogen) atoms. The zero-order valence-corrected chi connectivity index (χ0v) is 10.6. The second kappa shape index (κ2) is 5.46. The number of nitrogens with zero attached hydrogens (tertiary/aromatic N) is 1. The summed E-state index contributed by atoms with van der Waals surface area (Å²) in [5, 5.41) is 5.50. The monoisotopic (exact) mass is 260 g/mol. The molecule has 0 fully saturated rings. The average Bonchev–Trinajstić information content (AvgIpc) is 2.89. The van der Waals surface area contributed by atoms with Crippen LogP contribution in [0.5, 0.6) is 0 Å². The maximum Gasteiger partial charge on any atom is 0.365 e. The van der Waals surface area contributed by atoms with E-state index in [4.69, 9.17) is 10.6 Å². The Morgan fingerprint density at radius 3 is 2.83 bits per heavy atom. The van der Waals surface area contributed by atoms with E-state index in [0.29, 0.717) is 5.56 Å². The number of oxime groups is 1. The van der Waals surface area contributed by atoms with E-state index in [1.165, 1.54) is 11.3 Å². The fourth-order valence-electron chi connectivity index (χ4n) is 1.38. The highest BCUT2D eigenvalue weighted by atomic mass is 32.1. The van der Waals surface area contributed by atoms with Gasteiger partial charge in [-0.1, -0.05) is 28.9 Å². The van der Waals surface area contributed by atoms with Crippen LogP contribution in [0.1, 0.15) is 20.8 Å². The molecule has 0 aliphatic heterocycles. The molecule has 2 aromatic rings. The molecule has 92 valence electrons. The number of hydrogen-bond donors (Lipinski definition) is 1. The minimum absolute atomic E-state index is 0.200. The van der Waals surface area contributed by atoms with Crippen LogP contribution in [0.15, 0.2) is 46.9 Å². The van der Waals surface area contributed by atoms with Crippen molar-refractivity contribution in [1.29, 1.82) is 0 Å². The maximum atomic E-state index is 11.7. The number of benzene rings is 1. The Morgan fingerprint density at radius 2 is 2.17 bits per heavy atom. The molecule has 0 spiro atoms. The molecule has 0 atom stereocenters. The number of nitrogens with two attached hydrogens (primary N) is 1. The second-order valence-electron chi connectivity index (χ2n) is 3.70. The summed E-state index contributed by atoms with van der Waals surface area (Å²) in [6.07, 6.45) is 0. The van der Waals surface area contributed by atoms with Gasteiger partial charge in [-0.3, -0.25) is 0 Å². The topological polar surface area (TPSA) is 64.7 Å². The Morgan fingerprint density at radius 1 is 1.33 bits per heavy atom. The Balaban J connectivity index is 2.07. The first-order chi connectivity index (χ1) is 8.66. The minimum Gasteiger partial charge on any atom is -0.380 e. The first-order valence-corrected chi connectivity index (χ1v) is 6.20. The molecule has 2 rings (SSSR count). The van der Waals surface area contributed by atoms with Gasteiger partial charge in [0.2, 0.25) is 0 Å². The van der Waals surface area contributed by atoms with E-state index in [2.05, 4.69) is 5.16 Å². The summed E-state index contributed by atoms with van der Waals surface area (Å²) in [4.78, 5) is 17.3. The van der Waals surface area contributed by atoms with Gasteiger partial charge in [0, 0.05) is 0 Å². The largest absolute Gasteiger partial charge is 0.380 e. The van der Waals surface area contributed by atoms with Crippen molar-refractivity contribution < 1.29 is 9.63 Å². The lowest BCUT2D eigenvalue weighted by Crippen LogP contribution is -2.13. The number of amidine groups is 1. The van der Waals surface area contributed by atoms with Crippen molar-refractivity contribution in [3.63, 3.8) is 0 Å². The second-order valence-corrected chi connectivity index (χ2v) is 4.65. The lowest BCUT2D eigenvalue weighted by atomic mass is 10.1. The number of hydrogen-bond acceptors (Lipinski definition) is 4. The maximum absolute atomic E-state index is 11.7. The highest BCUT2D eigenvalue weighted by Crippen LogP contribution is 2.09. The number of thiophene rings is 1. The van der Waals surface area contributed by atoms with Crippen molar-refractivity contribution in [2.45, 2.75) is 6.92 Å². The molecule has 2 N–H and O–H groups in total. The number of carbonyl (C=O) groups is 1. The zero-order chi connectivity index (χ0) is 13.0. The molecule has 0 amide bonds. The smallest absolute Gasteiger partial charge is 0.365 e. The van der Waals surface area contributed by atoms with Gasteiger partial charge in [0.05, 0.1) is 10.4 Å². The van der Waals surface area contributed by atoms with Crippen molar-refractivity contribution in [2.75, 3.05) is 0 Å². The SMILES string of the molecule is Cc1cccc(C(=O)O/N=C(\N)c2cccs2)c1. The first-order valence-electron chi connectivity index (χ1n) is 5.32. The number of rotatable bonds is 3. The van der Waals surface area contributed by atoms with Crippen molar-refractivity contribution in [3.8, 4) is 0 Å². The van der Waals surface area contributed by atoms with Crippen LogP contribution in [0.3, 0.4) is 0 Å². The van der Waals surface area contributed by atoms with Crippen LogP contribution in [-0.4, -0.2) is 11.8 Å². The van der Waals surface area contributed by atoms with Crippen LogP contribution in [-0.2, 0) is 4.84 Å². The fraction of sp³-hybridized carbons (Fsp3) is 0.0769. The van der Waals surface area contributed by atoms with Crippen molar-refractivity contribution in [2.24, 2.45) is 10.9 Å². The molecule has 0 aliphatic rings. The third-order valence-electron chi connectivity index (χ3n) is 2.25. The average molecular weight is 260 g/mol. The van der Waals surface area contributed by atoms with Crippen molar-refractivity contribution in [3.05, 3.63) is 57.8 Å². The van der Waals surface area contributed by atoms with Crippen LogP contribution in [0.2, 0.25) is 0 Å². The van der Waals surface area contributed by atoms with Gasteiger partial charge in [0.15, 0.2) is 5.84 Å². The number of carbonyl (C=O) groups excluding carboxylic acids is 1. The van der Waals surface area contributed by atoms with Crippen molar-refractivity contribution in [1.82, 2.24) is 0 Å². The highest BCUT2D eigenvalue weighted by Gasteiger charge is 2.08. The minimum atomic E-state index is -0.516. The predicted octanol–water partition coefficient (Wildman–Crippen LogP) is 2.53. The summed E-state index contributed by atoms with van der Waals surface area (Å²) >= 11 is 1.43. The quantitative estimate of drug-likeness (QED) is 0.399. The van der Waals surface area contributed by atoms with E-state index in [-0.39, 0.29) is 5.84 Å². The van der Waals surface area contributed by atoms with Gasteiger partial charge in [-0.05, 0) is 30.5 Å². The van der Waals surface area contributed by atoms with Crippen LogP contribution >= 0.6 is 11.3 Å². The standard InChI is InChI=1S/C13H12N2O2S/c1-9-4-2-5-10(8-9)13(16)17-15-12(14)11-6-3-7-18-11/h2-8H,1H3,(H2,14,15). The van der Waals surface area contributed by atoms with Gasteiger partial charge in [0.25, 0.3) is 0 Å². The Bertz CT molecular complexity index is 576. The normalized spacial score (nSPS) is 11.3. The van der Waals surface area contributed by atoms with E-state index in [1.54, 1.807) is 18.2 Å². The molecule has 1 aromatic heterocycles. The lowest BCUT2D eigenvalue weighted by Gasteiger charge is -2.00. The van der Waals surface area contributed by atoms with Gasteiger partial charge in [-0.25, -0.2) is 4.79 Å². The summed E-state index contributed by atoms with van der Waals surface area (Å²) in [7, 11) is 0. The molecular formula is C13H12N2O2S. The van der Waals surface area contributed by atoms with Gasteiger partial charge in [-0.15, -0.1) is 11.3 Å². The van der Waals surface area contributed by atoms with Crippen LogP contribution in [0.25, 0.3) is 0 Å². The summed E-state index contributed by atoms with van der Waals surface area (Å²) in [6, 6.07) is 10.8. The molecule has 0 saturated carbocycles. The lowest BCUT2D eigenvalue weighted by molar-refractivity contribution is 0.0516. The zero-order valence-electron chi connectivity index (χ0n) is 9.79. The molecule has 0 aliphatic carbocycles. The molecule has 4 nitrogen and oxygen atoms in total. The van der Waals surface area contributed by atoms with E-state index in [0.717, 1.165) is 10.4 Å². The van der Waals surface area contributed by atoms with Gasteiger partial charge < -0.3 is 10.6 Å². The number of aryl methyl sites for hydroxylation is 1. The van der Waals surface area contributed by atoms with E-state index < -0.39 is 5.97 Å². The van der Waals surface area contributed by atoms with E-state index in [9.17, 15) is 4.79 Å². The Labute approximate surface area is 109 Å². The summed E-state index contributed by atoms with van der Waals surface area (Å²) in [5.74, 6) is -0.316. The van der Waals surface area contributed by atoms with E-state index >= 15 is 0 Å². The molecule has 1 aromatic carbocycles. The summed E-state index contributed by atoms with van der Waals surface area (Å²) in [5.41, 5.74) is 7.12. The molecular weight excluding hydrogens is 248 g/mol. The first kappa shape index (κ1) is 12.3. The third-order valence-corrected chi connectivity index (χ3v) is 3.15. The molecule has 0 radical (unpaired) electrons. The Kier molecular flexibility index (Phi) is 3.74. The van der Waals surface area contributed by atoms with Gasteiger partial charge in [0.1, 0.15) is 0 Å². The van der Waals surface area contributed by atoms with Crippen LogP contribution in [0, 0.1) is 6.92 Å². The summed E-state index contributed by atoms with van der Waals surface area (Å²) in [6.45, 7) is 1.90. The van der Waals surface area contributed by atoms with Crippen molar-refractivity contribution >= 4 is 23.1 Å². The van der Waals surface area contributed by atoms with Crippen LogP contribution in [0.4, 0.5) is 0 Å². The van der Waals surface area contributed by atoms with Gasteiger partial charge in [-0.2, -0.15) is 0 Å². The predicted molar refractivity (Wildman–Crippen MR) is 71.6 cm³/mol. The van der Waals surface area contributed by atoms with Gasteiger partial charge >= 0.3 is 5.97 Å². The third kappa shape index (κ3) is 2.95. The summed E-state index contributed by atoms with van der Waals surface area (Å²) < 4.78 is 0. The van der Waals surface area contributed by atoms with Crippen LogP contribution < -0.4 is 5.73 Å². The molecule has 5 heteroatoms. The molecule has 0 bridgehead atoms. The molecule has 0 unspecified atom stereocenters. The fourth-order valence-corrected chi connectivity index (χ4v) is 2.00. The highest BCUT2D eigenvalue weighted by molar-refractivity contribution is 7.12. The molecule has 1 heterocycles.